The molecule has 6 nitrogen and oxygen atoms in total. The Bertz CT molecular complexity index is 605. The summed E-state index contributed by atoms with van der Waals surface area (Å²) >= 11 is 0. The highest BCUT2D eigenvalue weighted by Crippen LogP contribution is 2.15. The summed E-state index contributed by atoms with van der Waals surface area (Å²) in [5, 5.41) is 11.2. The number of nitrogens with zero attached hydrogens (tertiary/aromatic N) is 1. The largest absolute Gasteiger partial charge is 0.409 e. The van der Waals surface area contributed by atoms with Gasteiger partial charge in [0.15, 0.2) is 11.6 Å². The van der Waals surface area contributed by atoms with Gasteiger partial charge in [0, 0.05) is 12.5 Å². The summed E-state index contributed by atoms with van der Waals surface area (Å²) in [6.45, 7) is 1.70. The fourth-order valence-corrected chi connectivity index (χ4v) is 2.82. The fraction of sp³-hybridized carbons (Fsp3) is 0.364. The third kappa shape index (κ3) is 4.14. The van der Waals surface area contributed by atoms with E-state index in [9.17, 15) is 17.2 Å². The topological polar surface area (TPSA) is 105 Å². The number of hydrogen-bond acceptors (Lipinski definition) is 4. The van der Waals surface area contributed by atoms with Crippen LogP contribution in [0.3, 0.4) is 0 Å². The first kappa shape index (κ1) is 16.3. The second kappa shape index (κ2) is 6.62. The molecular weight excluding hydrogens is 292 g/mol. The van der Waals surface area contributed by atoms with Gasteiger partial charge in [-0.15, -0.1) is 0 Å². The minimum Gasteiger partial charge on any atom is -0.409 e. The average molecular weight is 307 g/mol. The molecule has 0 fully saturated rings. The van der Waals surface area contributed by atoms with Gasteiger partial charge < -0.3 is 10.9 Å². The maximum Gasteiger partial charge on any atom is 0.240 e. The molecule has 1 unspecified atom stereocenters. The Hall–Kier alpha value is -1.74. The standard InChI is InChI=1S/C11H15F2N3O3S/c1-2-7(5-11(14)15-17)16-20(18,19)8-3-4-9(12)10(13)6-8/h3-4,6-7,16-17H,2,5H2,1H3,(H2,14,15). The van der Waals surface area contributed by atoms with Crippen LogP contribution in [-0.2, 0) is 10.0 Å². The minimum atomic E-state index is -4.01. The molecule has 0 radical (unpaired) electrons. The van der Waals surface area contributed by atoms with E-state index in [1.54, 1.807) is 6.92 Å². The van der Waals surface area contributed by atoms with Crippen LogP contribution in [0, 0.1) is 11.6 Å². The van der Waals surface area contributed by atoms with E-state index in [2.05, 4.69) is 9.88 Å². The summed E-state index contributed by atoms with van der Waals surface area (Å²) in [5.41, 5.74) is 5.31. The van der Waals surface area contributed by atoms with Crippen LogP contribution in [0.4, 0.5) is 8.78 Å². The zero-order chi connectivity index (χ0) is 15.3. The van der Waals surface area contributed by atoms with E-state index in [0.717, 1.165) is 12.1 Å². The molecule has 0 saturated heterocycles. The Labute approximate surface area is 115 Å². The molecule has 4 N–H and O–H groups in total. The van der Waals surface area contributed by atoms with Crippen molar-refractivity contribution in [3.05, 3.63) is 29.8 Å². The molecule has 112 valence electrons. The van der Waals surface area contributed by atoms with Gasteiger partial charge in [-0.3, -0.25) is 0 Å². The number of nitrogens with two attached hydrogens (primary N) is 1. The van der Waals surface area contributed by atoms with Crippen molar-refractivity contribution >= 4 is 15.9 Å². The van der Waals surface area contributed by atoms with Crippen LogP contribution < -0.4 is 10.5 Å². The molecular formula is C11H15F2N3O3S. The van der Waals surface area contributed by atoms with Gasteiger partial charge in [-0.1, -0.05) is 12.1 Å². The molecule has 1 atom stereocenters. The van der Waals surface area contributed by atoms with Crippen LogP contribution in [0.5, 0.6) is 0 Å². The first-order chi connectivity index (χ1) is 9.30. The summed E-state index contributed by atoms with van der Waals surface area (Å²) in [6.07, 6.45) is 0.370. The molecule has 0 aliphatic rings. The first-order valence-electron chi connectivity index (χ1n) is 5.74. The second-order valence-corrected chi connectivity index (χ2v) is 5.81. The molecule has 1 aromatic rings. The zero-order valence-electron chi connectivity index (χ0n) is 10.7. The van der Waals surface area contributed by atoms with Crippen LogP contribution in [0.15, 0.2) is 28.3 Å². The van der Waals surface area contributed by atoms with Crippen LogP contribution in [-0.4, -0.2) is 25.5 Å². The minimum absolute atomic E-state index is 0.00406. The number of hydrogen-bond donors (Lipinski definition) is 3. The number of halogens is 2. The number of oxime groups is 1. The highest BCUT2D eigenvalue weighted by Gasteiger charge is 2.21. The smallest absolute Gasteiger partial charge is 0.240 e. The van der Waals surface area contributed by atoms with Gasteiger partial charge in [-0.25, -0.2) is 21.9 Å². The number of sulfonamides is 1. The van der Waals surface area contributed by atoms with Gasteiger partial charge >= 0.3 is 0 Å². The summed E-state index contributed by atoms with van der Waals surface area (Å²) in [6, 6.07) is 1.66. The summed E-state index contributed by atoms with van der Waals surface area (Å²) in [5.74, 6) is -2.52. The Morgan fingerprint density at radius 3 is 2.60 bits per heavy atom. The monoisotopic (exact) mass is 307 g/mol. The Morgan fingerprint density at radius 1 is 1.45 bits per heavy atom. The number of rotatable bonds is 6. The van der Waals surface area contributed by atoms with Crippen molar-refractivity contribution in [2.45, 2.75) is 30.7 Å². The number of nitrogens with one attached hydrogen (secondary N) is 1. The molecule has 0 aromatic heterocycles. The highest BCUT2D eigenvalue weighted by molar-refractivity contribution is 7.89. The predicted molar refractivity (Wildman–Crippen MR) is 68.8 cm³/mol. The lowest BCUT2D eigenvalue weighted by atomic mass is 10.1. The molecule has 0 aliphatic heterocycles. The normalized spacial score (nSPS) is 14.2. The van der Waals surface area contributed by atoms with Crippen LogP contribution in [0.25, 0.3) is 0 Å². The Morgan fingerprint density at radius 2 is 2.10 bits per heavy atom. The van der Waals surface area contributed by atoms with Gasteiger partial charge in [-0.2, -0.15) is 0 Å². The lowest BCUT2D eigenvalue weighted by molar-refractivity contribution is 0.316. The SMILES string of the molecule is CCC(CC(N)=NO)NS(=O)(=O)c1ccc(F)c(F)c1. The van der Waals surface area contributed by atoms with Crippen molar-refractivity contribution in [3.8, 4) is 0 Å². The maximum absolute atomic E-state index is 13.1. The van der Waals surface area contributed by atoms with Crippen LogP contribution in [0.2, 0.25) is 0 Å². The van der Waals surface area contributed by atoms with Gasteiger partial charge in [0.1, 0.15) is 5.84 Å². The van der Waals surface area contributed by atoms with Gasteiger partial charge in [0.05, 0.1) is 4.90 Å². The molecule has 0 amide bonds. The molecule has 1 rings (SSSR count). The van der Waals surface area contributed by atoms with Crippen molar-refractivity contribution in [1.82, 2.24) is 4.72 Å². The molecule has 1 aromatic carbocycles. The quantitative estimate of drug-likeness (QED) is 0.317. The molecule has 20 heavy (non-hydrogen) atoms. The van der Waals surface area contributed by atoms with Crippen LogP contribution in [0.1, 0.15) is 19.8 Å². The van der Waals surface area contributed by atoms with Crippen molar-refractivity contribution in [2.75, 3.05) is 0 Å². The van der Waals surface area contributed by atoms with Gasteiger partial charge in [0.2, 0.25) is 10.0 Å². The van der Waals surface area contributed by atoms with E-state index in [-0.39, 0.29) is 12.3 Å². The summed E-state index contributed by atoms with van der Waals surface area (Å²) in [4.78, 5) is -0.394. The number of amidine groups is 1. The van der Waals surface area contributed by atoms with Crippen LogP contribution >= 0.6 is 0 Å². The number of benzene rings is 1. The van der Waals surface area contributed by atoms with E-state index in [1.807, 2.05) is 0 Å². The van der Waals surface area contributed by atoms with E-state index in [4.69, 9.17) is 10.9 Å². The molecule has 0 saturated carbocycles. The van der Waals surface area contributed by atoms with E-state index >= 15 is 0 Å². The highest BCUT2D eigenvalue weighted by atomic mass is 32.2. The van der Waals surface area contributed by atoms with Crippen molar-refractivity contribution in [1.29, 1.82) is 0 Å². The first-order valence-corrected chi connectivity index (χ1v) is 7.22. The third-order valence-electron chi connectivity index (χ3n) is 2.60. The Kier molecular flexibility index (Phi) is 5.40. The van der Waals surface area contributed by atoms with Gasteiger partial charge in [-0.05, 0) is 24.6 Å². The third-order valence-corrected chi connectivity index (χ3v) is 4.12. The second-order valence-electron chi connectivity index (χ2n) is 4.10. The fourth-order valence-electron chi connectivity index (χ4n) is 1.49. The maximum atomic E-state index is 13.1. The van der Waals surface area contributed by atoms with Crippen molar-refractivity contribution < 1.29 is 22.4 Å². The molecule has 9 heteroatoms. The van der Waals surface area contributed by atoms with Gasteiger partial charge in [0.25, 0.3) is 0 Å². The van der Waals surface area contributed by atoms with E-state index in [1.165, 1.54) is 0 Å². The lowest BCUT2D eigenvalue weighted by Crippen LogP contribution is -2.37. The lowest BCUT2D eigenvalue weighted by Gasteiger charge is -2.16. The summed E-state index contributed by atoms with van der Waals surface area (Å²) in [7, 11) is -4.01. The Balaban J connectivity index is 2.95. The molecule has 0 heterocycles. The zero-order valence-corrected chi connectivity index (χ0v) is 11.5. The van der Waals surface area contributed by atoms with Crippen molar-refractivity contribution in [2.24, 2.45) is 10.9 Å². The molecule has 0 spiro atoms. The summed E-state index contributed by atoms with van der Waals surface area (Å²) < 4.78 is 52.1. The molecule has 0 aliphatic carbocycles. The molecule has 0 bridgehead atoms. The van der Waals surface area contributed by atoms with E-state index in [0.29, 0.717) is 12.5 Å². The average Bonchev–Trinajstić information content (AvgIpc) is 2.40. The van der Waals surface area contributed by atoms with E-state index < -0.39 is 32.6 Å². The predicted octanol–water partition coefficient (Wildman–Crippen LogP) is 1.16. The van der Waals surface area contributed by atoms with Crippen molar-refractivity contribution in [3.63, 3.8) is 0 Å².